The molecule has 1 heterocycles. The van der Waals surface area contributed by atoms with E-state index in [2.05, 4.69) is 5.32 Å². The van der Waals surface area contributed by atoms with Gasteiger partial charge in [0.15, 0.2) is 0 Å². The highest BCUT2D eigenvalue weighted by atomic mass is 19.1. The monoisotopic (exact) mass is 208 g/mol. The number of nitrogens with zero attached hydrogens (tertiary/aromatic N) is 1. The number of hydrogen-bond donors (Lipinski definition) is 1. The van der Waals surface area contributed by atoms with Crippen LogP contribution in [-0.2, 0) is 0 Å². The molecule has 15 heavy (non-hydrogen) atoms. The number of halogens is 1. The maximum atomic E-state index is 13.3. The minimum absolute atomic E-state index is 0.144. The van der Waals surface area contributed by atoms with Crippen molar-refractivity contribution in [2.24, 2.45) is 0 Å². The molecule has 80 valence electrons. The molecule has 0 atom stereocenters. The lowest BCUT2D eigenvalue weighted by Crippen LogP contribution is -2.46. The Morgan fingerprint density at radius 3 is 3.00 bits per heavy atom. The molecule has 0 spiro atoms. The molecule has 1 saturated heterocycles. The number of rotatable bonds is 1. The zero-order chi connectivity index (χ0) is 10.8. The first-order chi connectivity index (χ1) is 7.20. The Labute approximate surface area is 87.9 Å². The SMILES string of the molecule is Cc1c(F)cccc1N1CCCNC1=O. The minimum atomic E-state index is -0.272. The first-order valence-corrected chi connectivity index (χ1v) is 5.00. The molecule has 0 unspecified atom stereocenters. The summed E-state index contributed by atoms with van der Waals surface area (Å²) >= 11 is 0. The van der Waals surface area contributed by atoms with Crippen LogP contribution in [0.3, 0.4) is 0 Å². The van der Waals surface area contributed by atoms with Gasteiger partial charge >= 0.3 is 6.03 Å². The van der Waals surface area contributed by atoms with Crippen LogP contribution in [0.2, 0.25) is 0 Å². The summed E-state index contributed by atoms with van der Waals surface area (Å²) in [5.74, 6) is -0.272. The van der Waals surface area contributed by atoms with Crippen molar-refractivity contribution in [1.29, 1.82) is 0 Å². The van der Waals surface area contributed by atoms with E-state index in [1.807, 2.05) is 0 Å². The molecule has 4 heteroatoms. The maximum Gasteiger partial charge on any atom is 0.321 e. The van der Waals surface area contributed by atoms with Crippen LogP contribution in [0.15, 0.2) is 18.2 Å². The molecule has 0 aromatic heterocycles. The summed E-state index contributed by atoms with van der Waals surface area (Å²) in [6.07, 6.45) is 0.891. The van der Waals surface area contributed by atoms with Gasteiger partial charge in [-0.05, 0) is 25.5 Å². The van der Waals surface area contributed by atoms with Crippen LogP contribution < -0.4 is 10.2 Å². The highest BCUT2D eigenvalue weighted by Gasteiger charge is 2.21. The molecular formula is C11H13FN2O. The number of benzene rings is 1. The fraction of sp³-hybridized carbons (Fsp3) is 0.364. The highest BCUT2D eigenvalue weighted by Crippen LogP contribution is 2.23. The van der Waals surface area contributed by atoms with E-state index >= 15 is 0 Å². The maximum absolute atomic E-state index is 13.3. The van der Waals surface area contributed by atoms with E-state index in [-0.39, 0.29) is 11.8 Å². The van der Waals surface area contributed by atoms with Crippen molar-refractivity contribution in [2.45, 2.75) is 13.3 Å². The van der Waals surface area contributed by atoms with Crippen molar-refractivity contribution in [1.82, 2.24) is 5.32 Å². The number of amides is 2. The Morgan fingerprint density at radius 2 is 2.27 bits per heavy atom. The van der Waals surface area contributed by atoms with Gasteiger partial charge in [0, 0.05) is 18.7 Å². The molecule has 1 aromatic carbocycles. The quantitative estimate of drug-likeness (QED) is 0.752. The van der Waals surface area contributed by atoms with Gasteiger partial charge in [-0.3, -0.25) is 4.90 Å². The molecule has 3 nitrogen and oxygen atoms in total. The summed E-state index contributed by atoms with van der Waals surface area (Å²) in [7, 11) is 0. The van der Waals surface area contributed by atoms with Gasteiger partial charge in [-0.2, -0.15) is 0 Å². The fourth-order valence-electron chi connectivity index (χ4n) is 1.75. The Hall–Kier alpha value is -1.58. The summed E-state index contributed by atoms with van der Waals surface area (Å²) in [6, 6.07) is 4.65. The Morgan fingerprint density at radius 1 is 1.47 bits per heavy atom. The van der Waals surface area contributed by atoms with Crippen molar-refractivity contribution in [3.63, 3.8) is 0 Å². The molecule has 1 aliphatic heterocycles. The minimum Gasteiger partial charge on any atom is -0.338 e. The molecule has 0 saturated carbocycles. The van der Waals surface area contributed by atoms with E-state index in [1.54, 1.807) is 24.0 Å². The first-order valence-electron chi connectivity index (χ1n) is 5.00. The van der Waals surface area contributed by atoms with Crippen LogP contribution >= 0.6 is 0 Å². The van der Waals surface area contributed by atoms with Crippen LogP contribution in [-0.4, -0.2) is 19.1 Å². The van der Waals surface area contributed by atoms with Crippen molar-refractivity contribution in [3.05, 3.63) is 29.6 Å². The van der Waals surface area contributed by atoms with Crippen LogP contribution in [0.5, 0.6) is 0 Å². The topological polar surface area (TPSA) is 32.3 Å². The summed E-state index contributed by atoms with van der Waals surface area (Å²) in [5, 5.41) is 2.74. The Kier molecular flexibility index (Phi) is 2.58. The molecule has 0 aliphatic carbocycles. The Bertz CT molecular complexity index is 392. The second kappa shape index (κ2) is 3.88. The smallest absolute Gasteiger partial charge is 0.321 e. The number of anilines is 1. The van der Waals surface area contributed by atoms with Gasteiger partial charge in [0.05, 0.1) is 5.69 Å². The second-order valence-electron chi connectivity index (χ2n) is 3.62. The van der Waals surface area contributed by atoms with Crippen LogP contribution in [0.1, 0.15) is 12.0 Å². The number of carbonyl (C=O) groups is 1. The molecule has 0 radical (unpaired) electrons. The molecule has 1 aromatic rings. The fourth-order valence-corrected chi connectivity index (χ4v) is 1.75. The van der Waals surface area contributed by atoms with Gasteiger partial charge in [0.2, 0.25) is 0 Å². The summed E-state index contributed by atoms with van der Waals surface area (Å²) < 4.78 is 13.3. The third-order valence-corrected chi connectivity index (χ3v) is 2.61. The normalized spacial score (nSPS) is 16.4. The van der Waals surface area contributed by atoms with Crippen LogP contribution in [0, 0.1) is 12.7 Å². The van der Waals surface area contributed by atoms with Crippen LogP contribution in [0.25, 0.3) is 0 Å². The Balaban J connectivity index is 2.35. The van der Waals surface area contributed by atoms with E-state index in [9.17, 15) is 9.18 Å². The van der Waals surface area contributed by atoms with E-state index in [1.165, 1.54) is 6.07 Å². The first kappa shape index (κ1) is 9.96. The lowest BCUT2D eigenvalue weighted by atomic mass is 10.1. The number of nitrogens with one attached hydrogen (secondary N) is 1. The summed E-state index contributed by atoms with van der Waals surface area (Å²) in [5.41, 5.74) is 1.18. The lowest BCUT2D eigenvalue weighted by Gasteiger charge is -2.28. The van der Waals surface area contributed by atoms with Gasteiger partial charge in [0.25, 0.3) is 0 Å². The van der Waals surface area contributed by atoms with Gasteiger partial charge in [-0.1, -0.05) is 6.07 Å². The summed E-state index contributed by atoms with van der Waals surface area (Å²) in [6.45, 7) is 3.03. The van der Waals surface area contributed by atoms with Crippen molar-refractivity contribution in [2.75, 3.05) is 18.0 Å². The predicted octanol–water partition coefficient (Wildman–Crippen LogP) is 2.05. The second-order valence-corrected chi connectivity index (χ2v) is 3.62. The molecule has 2 rings (SSSR count). The third kappa shape index (κ3) is 1.79. The molecule has 2 amide bonds. The van der Waals surface area contributed by atoms with Crippen molar-refractivity contribution >= 4 is 11.7 Å². The molecule has 0 bridgehead atoms. The van der Waals surface area contributed by atoms with Crippen molar-refractivity contribution in [3.8, 4) is 0 Å². The predicted molar refractivity (Wildman–Crippen MR) is 56.5 cm³/mol. The van der Waals surface area contributed by atoms with E-state index < -0.39 is 0 Å². The number of hydrogen-bond acceptors (Lipinski definition) is 1. The largest absolute Gasteiger partial charge is 0.338 e. The van der Waals surface area contributed by atoms with E-state index in [0.717, 1.165) is 6.42 Å². The standard InChI is InChI=1S/C11H13FN2O/c1-8-9(12)4-2-5-10(8)14-7-3-6-13-11(14)15/h2,4-5H,3,6-7H2,1H3,(H,13,15). The molecule has 1 aliphatic rings. The van der Waals surface area contributed by atoms with Gasteiger partial charge in [-0.15, -0.1) is 0 Å². The highest BCUT2D eigenvalue weighted by molar-refractivity contribution is 5.93. The third-order valence-electron chi connectivity index (χ3n) is 2.61. The number of carbonyl (C=O) groups excluding carboxylic acids is 1. The summed E-state index contributed by atoms with van der Waals surface area (Å²) in [4.78, 5) is 13.1. The molecule has 1 fully saturated rings. The lowest BCUT2D eigenvalue weighted by molar-refractivity contribution is 0.243. The average Bonchev–Trinajstić information content (AvgIpc) is 2.23. The van der Waals surface area contributed by atoms with Gasteiger partial charge in [-0.25, -0.2) is 9.18 Å². The van der Waals surface area contributed by atoms with Crippen LogP contribution in [0.4, 0.5) is 14.9 Å². The van der Waals surface area contributed by atoms with Gasteiger partial charge in [0.1, 0.15) is 5.82 Å². The molecule has 1 N–H and O–H groups in total. The molecular weight excluding hydrogens is 195 g/mol. The zero-order valence-corrected chi connectivity index (χ0v) is 8.59. The average molecular weight is 208 g/mol. The number of urea groups is 1. The van der Waals surface area contributed by atoms with Gasteiger partial charge < -0.3 is 5.32 Å². The zero-order valence-electron chi connectivity index (χ0n) is 8.59. The van der Waals surface area contributed by atoms with Crippen molar-refractivity contribution < 1.29 is 9.18 Å². The van der Waals surface area contributed by atoms with E-state index in [0.29, 0.717) is 24.3 Å². The van der Waals surface area contributed by atoms with E-state index in [4.69, 9.17) is 0 Å².